The first-order valence-corrected chi connectivity index (χ1v) is 7.58. The molecule has 2 aromatic carbocycles. The van der Waals surface area contributed by atoms with E-state index in [4.69, 9.17) is 10.5 Å². The van der Waals surface area contributed by atoms with Crippen LogP contribution in [-0.4, -0.2) is 23.2 Å². The van der Waals surface area contributed by atoms with Crippen molar-refractivity contribution in [1.29, 1.82) is 0 Å². The predicted molar refractivity (Wildman–Crippen MR) is 92.6 cm³/mol. The zero-order valence-electron chi connectivity index (χ0n) is 13.5. The fourth-order valence-electron chi connectivity index (χ4n) is 2.46. The van der Waals surface area contributed by atoms with Crippen LogP contribution in [0.1, 0.15) is 15.9 Å². The Kier molecular flexibility index (Phi) is 4.65. The van der Waals surface area contributed by atoms with Gasteiger partial charge in [0.25, 0.3) is 5.91 Å². The summed E-state index contributed by atoms with van der Waals surface area (Å²) < 4.78 is 18.5. The minimum Gasteiger partial charge on any atom is -0.496 e. The van der Waals surface area contributed by atoms with Gasteiger partial charge in [0.2, 0.25) is 0 Å². The Bertz CT molecular complexity index is 890. The monoisotopic (exact) mass is 340 g/mol. The molecule has 0 radical (unpaired) electrons. The first kappa shape index (κ1) is 16.5. The largest absolute Gasteiger partial charge is 0.496 e. The maximum absolute atomic E-state index is 13.4. The van der Waals surface area contributed by atoms with Crippen molar-refractivity contribution in [3.8, 4) is 16.9 Å². The lowest BCUT2D eigenvalue weighted by Crippen LogP contribution is -2.23. The number of ether oxygens (including phenoxy) is 1. The number of hydrogen-bond acceptors (Lipinski definition) is 4. The molecule has 0 fully saturated rings. The fourth-order valence-corrected chi connectivity index (χ4v) is 2.46. The number of amides is 1. The van der Waals surface area contributed by atoms with E-state index < -0.39 is 11.7 Å². The van der Waals surface area contributed by atoms with Crippen molar-refractivity contribution in [1.82, 2.24) is 15.5 Å². The van der Waals surface area contributed by atoms with Crippen LogP contribution in [0.5, 0.6) is 5.75 Å². The average Bonchev–Trinajstić information content (AvgIpc) is 3.06. The molecule has 3 aromatic rings. The van der Waals surface area contributed by atoms with E-state index >= 15 is 0 Å². The topological polar surface area (TPSA) is 93.0 Å². The normalized spacial score (nSPS) is 10.5. The summed E-state index contributed by atoms with van der Waals surface area (Å²) in [5.74, 6) is -0.0727. The molecule has 0 unspecified atom stereocenters. The summed E-state index contributed by atoms with van der Waals surface area (Å²) in [7, 11) is 1.43. The highest BCUT2D eigenvalue weighted by atomic mass is 19.1. The van der Waals surface area contributed by atoms with Crippen LogP contribution in [0.3, 0.4) is 0 Å². The molecular weight excluding hydrogens is 323 g/mol. The van der Waals surface area contributed by atoms with E-state index in [-0.39, 0.29) is 5.56 Å². The van der Waals surface area contributed by atoms with Crippen molar-refractivity contribution in [2.24, 2.45) is 0 Å². The number of benzene rings is 2. The average molecular weight is 340 g/mol. The van der Waals surface area contributed by atoms with Crippen molar-refractivity contribution < 1.29 is 13.9 Å². The zero-order chi connectivity index (χ0) is 17.8. The van der Waals surface area contributed by atoms with E-state index in [2.05, 4.69) is 15.5 Å². The van der Waals surface area contributed by atoms with Crippen LogP contribution in [0.2, 0.25) is 0 Å². The van der Waals surface area contributed by atoms with Gasteiger partial charge >= 0.3 is 0 Å². The second-order valence-corrected chi connectivity index (χ2v) is 5.42. The standard InChI is InChI=1S/C18H17FN4O2/c1-25-16-7-6-13(19)8-14(16)18(24)21-9-11-2-4-12(5-3-11)15-10-22-23-17(15)20/h2-8,10H,9H2,1H3,(H,21,24)(H3,20,22,23). The van der Waals surface area contributed by atoms with Crippen molar-refractivity contribution in [2.45, 2.75) is 6.54 Å². The Labute approximate surface area is 143 Å². The zero-order valence-corrected chi connectivity index (χ0v) is 13.5. The Morgan fingerprint density at radius 2 is 2.04 bits per heavy atom. The van der Waals surface area contributed by atoms with Crippen LogP contribution in [-0.2, 0) is 6.54 Å². The van der Waals surface area contributed by atoms with Gasteiger partial charge in [0.15, 0.2) is 0 Å². The van der Waals surface area contributed by atoms with Crippen LogP contribution in [0.25, 0.3) is 11.1 Å². The number of nitrogens with one attached hydrogen (secondary N) is 2. The van der Waals surface area contributed by atoms with Gasteiger partial charge in [0.1, 0.15) is 17.4 Å². The lowest BCUT2D eigenvalue weighted by atomic mass is 10.1. The molecule has 0 aliphatic carbocycles. The number of halogens is 1. The highest BCUT2D eigenvalue weighted by Gasteiger charge is 2.13. The molecule has 1 heterocycles. The number of hydrogen-bond donors (Lipinski definition) is 3. The summed E-state index contributed by atoms with van der Waals surface area (Å²) in [6.45, 7) is 0.305. The summed E-state index contributed by atoms with van der Waals surface area (Å²) >= 11 is 0. The molecule has 0 saturated heterocycles. The van der Waals surface area contributed by atoms with Crippen LogP contribution in [0.15, 0.2) is 48.7 Å². The fraction of sp³-hybridized carbons (Fsp3) is 0.111. The van der Waals surface area contributed by atoms with Gasteiger partial charge in [-0.2, -0.15) is 5.10 Å². The third-order valence-corrected chi connectivity index (χ3v) is 3.79. The van der Waals surface area contributed by atoms with E-state index in [1.54, 1.807) is 6.20 Å². The molecule has 25 heavy (non-hydrogen) atoms. The summed E-state index contributed by atoms with van der Waals surface area (Å²) in [4.78, 5) is 12.3. The van der Waals surface area contributed by atoms with Crippen molar-refractivity contribution in [3.63, 3.8) is 0 Å². The third-order valence-electron chi connectivity index (χ3n) is 3.79. The summed E-state index contributed by atoms with van der Waals surface area (Å²) in [5.41, 5.74) is 8.59. The number of H-pyrrole nitrogens is 1. The maximum atomic E-state index is 13.4. The number of nitrogens with zero attached hydrogens (tertiary/aromatic N) is 1. The van der Waals surface area contributed by atoms with Gasteiger partial charge < -0.3 is 15.8 Å². The molecule has 0 spiro atoms. The Balaban J connectivity index is 1.69. The van der Waals surface area contributed by atoms with E-state index in [0.717, 1.165) is 22.8 Å². The van der Waals surface area contributed by atoms with Gasteiger partial charge in [-0.25, -0.2) is 4.39 Å². The van der Waals surface area contributed by atoms with E-state index in [1.165, 1.54) is 19.2 Å². The molecule has 1 aromatic heterocycles. The van der Waals surface area contributed by atoms with Crippen molar-refractivity contribution >= 4 is 11.7 Å². The number of rotatable bonds is 5. The number of aromatic nitrogens is 2. The van der Waals surface area contributed by atoms with Gasteiger partial charge in [-0.15, -0.1) is 0 Å². The molecule has 0 saturated carbocycles. The number of anilines is 1. The summed E-state index contributed by atoms with van der Waals surface area (Å²) in [5, 5.41) is 9.33. The molecular formula is C18H17FN4O2. The van der Waals surface area contributed by atoms with Gasteiger partial charge in [0, 0.05) is 12.1 Å². The minimum absolute atomic E-state index is 0.158. The van der Waals surface area contributed by atoms with Crippen LogP contribution >= 0.6 is 0 Å². The summed E-state index contributed by atoms with van der Waals surface area (Å²) in [6.07, 6.45) is 1.66. The molecule has 0 aliphatic rings. The van der Waals surface area contributed by atoms with Gasteiger partial charge in [-0.05, 0) is 29.3 Å². The third kappa shape index (κ3) is 3.60. The SMILES string of the molecule is COc1ccc(F)cc1C(=O)NCc1ccc(-c2cn[nH]c2N)cc1. The highest BCUT2D eigenvalue weighted by molar-refractivity contribution is 5.96. The van der Waals surface area contributed by atoms with Crippen molar-refractivity contribution in [3.05, 3.63) is 65.6 Å². The van der Waals surface area contributed by atoms with Crippen LogP contribution in [0.4, 0.5) is 10.2 Å². The molecule has 7 heteroatoms. The van der Waals surface area contributed by atoms with E-state index in [0.29, 0.717) is 18.1 Å². The molecule has 0 atom stereocenters. The molecule has 6 nitrogen and oxygen atoms in total. The van der Waals surface area contributed by atoms with Gasteiger partial charge in [0.05, 0.1) is 18.9 Å². The highest BCUT2D eigenvalue weighted by Crippen LogP contribution is 2.24. The number of nitrogen functional groups attached to an aromatic ring is 1. The smallest absolute Gasteiger partial charge is 0.255 e. The van der Waals surface area contributed by atoms with Crippen molar-refractivity contribution in [2.75, 3.05) is 12.8 Å². The van der Waals surface area contributed by atoms with E-state index in [9.17, 15) is 9.18 Å². The molecule has 4 N–H and O–H groups in total. The second kappa shape index (κ2) is 7.04. The molecule has 0 bridgehead atoms. The lowest BCUT2D eigenvalue weighted by Gasteiger charge is -2.10. The molecule has 128 valence electrons. The van der Waals surface area contributed by atoms with E-state index in [1.807, 2.05) is 24.3 Å². The Hall–Kier alpha value is -3.35. The Morgan fingerprint density at radius 3 is 2.68 bits per heavy atom. The first-order chi connectivity index (χ1) is 12.1. The number of nitrogens with two attached hydrogens (primary N) is 1. The number of aromatic amines is 1. The summed E-state index contributed by atoms with van der Waals surface area (Å²) in [6, 6.07) is 11.4. The second-order valence-electron chi connectivity index (χ2n) is 5.42. The van der Waals surface area contributed by atoms with Gasteiger partial charge in [-0.1, -0.05) is 24.3 Å². The minimum atomic E-state index is -0.493. The predicted octanol–water partition coefficient (Wildman–Crippen LogP) is 2.74. The van der Waals surface area contributed by atoms with Crippen LogP contribution < -0.4 is 15.8 Å². The van der Waals surface area contributed by atoms with Crippen LogP contribution in [0, 0.1) is 5.82 Å². The number of carbonyl (C=O) groups is 1. The molecule has 3 rings (SSSR count). The lowest BCUT2D eigenvalue weighted by molar-refractivity contribution is 0.0947. The maximum Gasteiger partial charge on any atom is 0.255 e. The quantitative estimate of drug-likeness (QED) is 0.666. The number of carbonyl (C=O) groups excluding carboxylic acids is 1. The first-order valence-electron chi connectivity index (χ1n) is 7.58. The van der Waals surface area contributed by atoms with Gasteiger partial charge in [-0.3, -0.25) is 9.89 Å². The Morgan fingerprint density at radius 1 is 1.28 bits per heavy atom. The number of methoxy groups -OCH3 is 1. The molecule has 0 aliphatic heterocycles. The molecule has 1 amide bonds.